The molecule has 1 unspecified atom stereocenters. The minimum atomic E-state index is -1.96. The van der Waals surface area contributed by atoms with E-state index < -0.39 is 8.24 Å². The van der Waals surface area contributed by atoms with Crippen molar-refractivity contribution in [3.63, 3.8) is 0 Å². The van der Waals surface area contributed by atoms with Gasteiger partial charge in [0.05, 0.1) is 0 Å². The lowest BCUT2D eigenvalue weighted by atomic mass is 9.89. The lowest BCUT2D eigenvalue weighted by Crippen LogP contribution is -2.54. The molecule has 3 nitrogen and oxygen atoms in total. The van der Waals surface area contributed by atoms with Crippen LogP contribution >= 0.6 is 0 Å². The largest absolute Gasteiger partial charge is 0.381 e. The summed E-state index contributed by atoms with van der Waals surface area (Å²) in [6.45, 7) is 7.00. The number of hydrogen-bond acceptors (Lipinski definition) is 2. The Bertz CT molecular complexity index is 700. The minimum Gasteiger partial charge on any atom is -0.381 e. The zero-order chi connectivity index (χ0) is 18.1. The van der Waals surface area contributed by atoms with Crippen LogP contribution in [0, 0.1) is 5.92 Å². The average Bonchev–Trinajstić information content (AvgIpc) is 3.30. The molecule has 2 aliphatic carbocycles. The summed E-state index contributed by atoms with van der Waals surface area (Å²) < 4.78 is 0. The van der Waals surface area contributed by atoms with E-state index in [1.807, 2.05) is 0 Å². The SMILES string of the molecule is C[Si](C)(NC(=O)C1CCCCC1)C1C=C(N2CCCC2)c2ccccc21. The lowest BCUT2D eigenvalue weighted by Gasteiger charge is -2.32. The Labute approximate surface area is 158 Å². The Morgan fingerprint density at radius 3 is 2.46 bits per heavy atom. The van der Waals surface area contributed by atoms with Crippen LogP contribution in [0.15, 0.2) is 30.3 Å². The van der Waals surface area contributed by atoms with E-state index in [9.17, 15) is 4.79 Å². The molecule has 1 saturated heterocycles. The number of carbonyl (C=O) groups is 1. The fraction of sp³-hybridized carbons (Fsp3) is 0.591. The zero-order valence-electron chi connectivity index (χ0n) is 16.3. The summed E-state index contributed by atoms with van der Waals surface area (Å²) in [6, 6.07) is 8.86. The third-order valence-corrected chi connectivity index (χ3v) is 9.47. The number of fused-ring (bicyclic) bond motifs is 1. The predicted molar refractivity (Wildman–Crippen MR) is 110 cm³/mol. The lowest BCUT2D eigenvalue weighted by molar-refractivity contribution is -0.124. The number of benzene rings is 1. The first-order valence-corrected chi connectivity index (χ1v) is 13.5. The van der Waals surface area contributed by atoms with E-state index in [-0.39, 0.29) is 5.92 Å². The first-order valence-electron chi connectivity index (χ1n) is 10.4. The van der Waals surface area contributed by atoms with Gasteiger partial charge in [-0.25, -0.2) is 0 Å². The van der Waals surface area contributed by atoms with E-state index in [4.69, 9.17) is 0 Å². The highest BCUT2D eigenvalue weighted by atomic mass is 28.3. The van der Waals surface area contributed by atoms with Crippen LogP contribution in [0.5, 0.6) is 0 Å². The van der Waals surface area contributed by atoms with Gasteiger partial charge in [-0.15, -0.1) is 0 Å². The number of likely N-dealkylation sites (tertiary alicyclic amines) is 1. The van der Waals surface area contributed by atoms with Crippen molar-refractivity contribution in [3.8, 4) is 0 Å². The molecule has 0 spiro atoms. The first kappa shape index (κ1) is 17.8. The second kappa shape index (κ2) is 7.22. The molecule has 1 heterocycles. The Hall–Kier alpha value is -1.55. The molecular weight excluding hydrogens is 336 g/mol. The maximum Gasteiger partial charge on any atom is 0.215 e. The van der Waals surface area contributed by atoms with Gasteiger partial charge in [0.25, 0.3) is 0 Å². The fourth-order valence-corrected chi connectivity index (χ4v) is 7.63. The van der Waals surface area contributed by atoms with Crippen LogP contribution in [-0.4, -0.2) is 32.1 Å². The summed E-state index contributed by atoms with van der Waals surface area (Å²) in [6.07, 6.45) is 10.9. The van der Waals surface area contributed by atoms with Crippen molar-refractivity contribution in [1.82, 2.24) is 9.88 Å². The van der Waals surface area contributed by atoms with Crippen LogP contribution in [0.3, 0.4) is 0 Å². The molecule has 4 heteroatoms. The van der Waals surface area contributed by atoms with Crippen LogP contribution in [-0.2, 0) is 4.79 Å². The number of carbonyl (C=O) groups excluding carboxylic acids is 1. The van der Waals surface area contributed by atoms with Crippen molar-refractivity contribution in [2.24, 2.45) is 5.92 Å². The topological polar surface area (TPSA) is 32.3 Å². The Morgan fingerprint density at radius 2 is 1.73 bits per heavy atom. The quantitative estimate of drug-likeness (QED) is 0.784. The molecule has 1 amide bonds. The van der Waals surface area contributed by atoms with E-state index in [0.717, 1.165) is 12.8 Å². The summed E-state index contributed by atoms with van der Waals surface area (Å²) in [5.41, 5.74) is 4.61. The molecule has 3 aliphatic rings. The van der Waals surface area contributed by atoms with E-state index in [2.05, 4.69) is 53.3 Å². The standard InChI is InChI=1S/C22H32N2OSi/c1-26(2,23-22(25)17-10-4-3-5-11-17)21-16-20(24-14-8-9-15-24)18-12-6-7-13-19(18)21/h6-7,12-13,16-17,21H,3-5,8-11,14-15H2,1-2H3,(H,23,25). The number of allylic oxidation sites excluding steroid dienone is 1. The highest BCUT2D eigenvalue weighted by molar-refractivity contribution is 6.79. The van der Waals surface area contributed by atoms with Crippen LogP contribution in [0.25, 0.3) is 5.70 Å². The van der Waals surface area contributed by atoms with Gasteiger partial charge in [0.2, 0.25) is 5.91 Å². The normalized spacial score (nSPS) is 23.7. The van der Waals surface area contributed by atoms with Gasteiger partial charge in [-0.1, -0.05) is 62.7 Å². The van der Waals surface area contributed by atoms with Gasteiger partial charge in [-0.2, -0.15) is 0 Å². The van der Waals surface area contributed by atoms with E-state index >= 15 is 0 Å². The van der Waals surface area contributed by atoms with Crippen molar-refractivity contribution in [2.45, 2.75) is 63.6 Å². The van der Waals surface area contributed by atoms with Crippen LogP contribution in [0.2, 0.25) is 13.1 Å². The van der Waals surface area contributed by atoms with Gasteiger partial charge in [-0.3, -0.25) is 4.79 Å². The molecule has 1 aromatic rings. The zero-order valence-corrected chi connectivity index (χ0v) is 17.3. The van der Waals surface area contributed by atoms with Crippen molar-refractivity contribution >= 4 is 19.8 Å². The minimum absolute atomic E-state index is 0.245. The molecule has 4 rings (SSSR count). The maximum atomic E-state index is 12.9. The van der Waals surface area contributed by atoms with E-state index in [0.29, 0.717) is 11.4 Å². The molecule has 0 radical (unpaired) electrons. The Morgan fingerprint density at radius 1 is 1.04 bits per heavy atom. The molecule has 2 fully saturated rings. The van der Waals surface area contributed by atoms with Gasteiger partial charge >= 0.3 is 0 Å². The van der Waals surface area contributed by atoms with Gasteiger partial charge < -0.3 is 9.88 Å². The number of nitrogens with zero attached hydrogens (tertiary/aromatic N) is 1. The number of rotatable bonds is 4. The van der Waals surface area contributed by atoms with Crippen molar-refractivity contribution in [2.75, 3.05) is 13.1 Å². The highest BCUT2D eigenvalue weighted by Gasteiger charge is 2.41. The molecule has 140 valence electrons. The number of hydrogen-bond donors (Lipinski definition) is 1. The van der Waals surface area contributed by atoms with E-state index in [1.54, 1.807) is 0 Å². The number of nitrogens with one attached hydrogen (secondary N) is 1. The molecular formula is C22H32N2OSi. The van der Waals surface area contributed by atoms with Gasteiger partial charge in [0.15, 0.2) is 8.24 Å². The number of amides is 1. The van der Waals surface area contributed by atoms with E-state index in [1.165, 1.54) is 62.0 Å². The average molecular weight is 369 g/mol. The maximum absolute atomic E-state index is 12.9. The monoisotopic (exact) mass is 368 g/mol. The van der Waals surface area contributed by atoms with Crippen molar-refractivity contribution < 1.29 is 4.79 Å². The predicted octanol–water partition coefficient (Wildman–Crippen LogP) is 4.66. The van der Waals surface area contributed by atoms with Crippen LogP contribution in [0.4, 0.5) is 0 Å². The molecule has 1 N–H and O–H groups in total. The van der Waals surface area contributed by atoms with Gasteiger partial charge in [0, 0.05) is 35.8 Å². The molecule has 0 aromatic heterocycles. The molecule has 1 aromatic carbocycles. The highest BCUT2D eigenvalue weighted by Crippen LogP contribution is 2.42. The third kappa shape index (κ3) is 3.36. The molecule has 1 aliphatic heterocycles. The molecule has 26 heavy (non-hydrogen) atoms. The van der Waals surface area contributed by atoms with Gasteiger partial charge in [-0.05, 0) is 31.2 Å². The third-order valence-electron chi connectivity index (χ3n) is 6.54. The second-order valence-electron chi connectivity index (χ2n) is 8.86. The summed E-state index contributed by atoms with van der Waals surface area (Å²) in [5.74, 6) is 0.566. The second-order valence-corrected chi connectivity index (χ2v) is 13.2. The van der Waals surface area contributed by atoms with Crippen molar-refractivity contribution in [1.29, 1.82) is 0 Å². The summed E-state index contributed by atoms with van der Waals surface area (Å²) in [7, 11) is -1.96. The summed E-state index contributed by atoms with van der Waals surface area (Å²) in [4.78, 5) is 19.0. The Balaban J connectivity index is 1.57. The molecule has 1 saturated carbocycles. The smallest absolute Gasteiger partial charge is 0.215 e. The summed E-state index contributed by atoms with van der Waals surface area (Å²) in [5, 5.41) is 0. The van der Waals surface area contributed by atoms with Crippen LogP contribution < -0.4 is 4.98 Å². The molecule has 0 bridgehead atoms. The molecule has 1 atom stereocenters. The first-order chi connectivity index (χ1) is 12.6. The van der Waals surface area contributed by atoms with Crippen LogP contribution in [0.1, 0.15) is 61.6 Å². The van der Waals surface area contributed by atoms with Crippen molar-refractivity contribution in [3.05, 3.63) is 41.5 Å². The Kier molecular flexibility index (Phi) is 4.96. The summed E-state index contributed by atoms with van der Waals surface area (Å²) >= 11 is 0. The van der Waals surface area contributed by atoms with Gasteiger partial charge in [0.1, 0.15) is 0 Å². The fourth-order valence-electron chi connectivity index (χ4n) is 5.03.